The van der Waals surface area contributed by atoms with E-state index in [0.717, 1.165) is 16.3 Å². The second kappa shape index (κ2) is 10.3. The maximum atomic E-state index is 12.1. The van der Waals surface area contributed by atoms with E-state index < -0.39 is 11.9 Å². The van der Waals surface area contributed by atoms with Gasteiger partial charge < -0.3 is 24.3 Å². The first-order valence-corrected chi connectivity index (χ1v) is 9.77. The first-order valence-electron chi connectivity index (χ1n) is 9.77. The molecule has 162 valence electrons. The van der Waals surface area contributed by atoms with E-state index in [2.05, 4.69) is 5.32 Å². The zero-order valence-corrected chi connectivity index (χ0v) is 17.8. The maximum Gasteiger partial charge on any atom is 0.306 e. The van der Waals surface area contributed by atoms with Crippen molar-refractivity contribution < 1.29 is 28.5 Å². The molecule has 0 saturated carbocycles. The lowest BCUT2D eigenvalue weighted by Crippen LogP contribution is -2.21. The van der Waals surface area contributed by atoms with Gasteiger partial charge >= 0.3 is 5.97 Å². The van der Waals surface area contributed by atoms with Crippen molar-refractivity contribution in [1.82, 2.24) is 0 Å². The molecule has 31 heavy (non-hydrogen) atoms. The van der Waals surface area contributed by atoms with Crippen molar-refractivity contribution in [1.29, 1.82) is 0 Å². The van der Waals surface area contributed by atoms with Crippen LogP contribution in [0.2, 0.25) is 0 Å². The Hall–Kier alpha value is -3.74. The molecule has 0 radical (unpaired) electrons. The van der Waals surface area contributed by atoms with Gasteiger partial charge in [0.2, 0.25) is 5.75 Å². The monoisotopic (exact) mass is 423 g/mol. The lowest BCUT2D eigenvalue weighted by molar-refractivity contribution is -0.147. The van der Waals surface area contributed by atoms with Crippen LogP contribution in [0.4, 0.5) is 5.69 Å². The highest BCUT2D eigenvalue weighted by atomic mass is 16.5. The van der Waals surface area contributed by atoms with Crippen LogP contribution >= 0.6 is 0 Å². The minimum absolute atomic E-state index is 0.113. The van der Waals surface area contributed by atoms with Gasteiger partial charge in [-0.1, -0.05) is 30.3 Å². The zero-order chi connectivity index (χ0) is 22.2. The summed E-state index contributed by atoms with van der Waals surface area (Å²) >= 11 is 0. The molecule has 0 unspecified atom stereocenters. The van der Waals surface area contributed by atoms with E-state index in [-0.39, 0.29) is 13.0 Å². The highest BCUT2D eigenvalue weighted by Gasteiger charge is 2.15. The van der Waals surface area contributed by atoms with Gasteiger partial charge in [0.1, 0.15) is 0 Å². The molecule has 0 aliphatic carbocycles. The van der Waals surface area contributed by atoms with Crippen molar-refractivity contribution >= 4 is 28.3 Å². The molecule has 0 bridgehead atoms. The van der Waals surface area contributed by atoms with Crippen LogP contribution in [-0.2, 0) is 20.7 Å². The van der Waals surface area contributed by atoms with Crippen molar-refractivity contribution in [2.75, 3.05) is 33.3 Å². The summed E-state index contributed by atoms with van der Waals surface area (Å²) in [6.45, 7) is -0.346. The first kappa shape index (κ1) is 22.0. The number of hydrogen-bond acceptors (Lipinski definition) is 6. The van der Waals surface area contributed by atoms with Gasteiger partial charge in [0, 0.05) is 12.1 Å². The van der Waals surface area contributed by atoms with Crippen LogP contribution in [0, 0.1) is 0 Å². The summed E-state index contributed by atoms with van der Waals surface area (Å²) in [5, 5.41) is 4.84. The number of amides is 1. The van der Waals surface area contributed by atoms with E-state index in [1.807, 2.05) is 42.5 Å². The second-order valence-electron chi connectivity index (χ2n) is 6.80. The van der Waals surface area contributed by atoms with Gasteiger partial charge in [-0.25, -0.2) is 0 Å². The summed E-state index contributed by atoms with van der Waals surface area (Å²) in [6, 6.07) is 17.0. The molecule has 3 rings (SSSR count). The number of esters is 1. The summed E-state index contributed by atoms with van der Waals surface area (Å²) in [6.07, 6.45) is 0.518. The Kier molecular flexibility index (Phi) is 7.32. The number of nitrogens with one attached hydrogen (secondary N) is 1. The maximum absolute atomic E-state index is 12.1. The normalized spacial score (nSPS) is 10.4. The quantitative estimate of drug-likeness (QED) is 0.524. The van der Waals surface area contributed by atoms with E-state index in [4.69, 9.17) is 18.9 Å². The van der Waals surface area contributed by atoms with E-state index in [0.29, 0.717) is 29.4 Å². The van der Waals surface area contributed by atoms with Gasteiger partial charge in [-0.15, -0.1) is 0 Å². The molecule has 0 saturated heterocycles. The van der Waals surface area contributed by atoms with Gasteiger partial charge in [-0.2, -0.15) is 0 Å². The largest absolute Gasteiger partial charge is 0.493 e. The Morgan fingerprint density at radius 1 is 0.839 bits per heavy atom. The summed E-state index contributed by atoms with van der Waals surface area (Å²) in [5.41, 5.74) is 1.48. The molecule has 0 fully saturated rings. The Labute approximate surface area is 180 Å². The van der Waals surface area contributed by atoms with Crippen LogP contribution in [-0.4, -0.2) is 39.8 Å². The number of ether oxygens (including phenoxy) is 4. The molecule has 0 heterocycles. The third kappa shape index (κ3) is 5.66. The van der Waals surface area contributed by atoms with Crippen LogP contribution in [0.5, 0.6) is 17.2 Å². The summed E-state index contributed by atoms with van der Waals surface area (Å²) in [5.74, 6) is 0.653. The predicted octanol–water partition coefficient (Wildman–Crippen LogP) is 3.98. The van der Waals surface area contributed by atoms with Crippen LogP contribution in [0.3, 0.4) is 0 Å². The predicted molar refractivity (Wildman–Crippen MR) is 118 cm³/mol. The average Bonchev–Trinajstić information content (AvgIpc) is 2.80. The van der Waals surface area contributed by atoms with Crippen molar-refractivity contribution in [2.45, 2.75) is 12.8 Å². The number of fused-ring (bicyclic) bond motifs is 1. The fraction of sp³-hybridized carbons (Fsp3) is 0.250. The summed E-state index contributed by atoms with van der Waals surface area (Å²) in [7, 11) is 4.59. The molecule has 0 aliphatic rings. The number of carbonyl (C=O) groups excluding carboxylic acids is 2. The summed E-state index contributed by atoms with van der Waals surface area (Å²) in [4.78, 5) is 24.2. The molecule has 1 amide bonds. The summed E-state index contributed by atoms with van der Waals surface area (Å²) < 4.78 is 21.0. The van der Waals surface area contributed by atoms with Crippen LogP contribution in [0.15, 0.2) is 54.6 Å². The number of methoxy groups -OCH3 is 3. The molecular weight excluding hydrogens is 398 g/mol. The molecule has 1 N–H and O–H groups in total. The highest BCUT2D eigenvalue weighted by Crippen LogP contribution is 2.38. The van der Waals surface area contributed by atoms with Gasteiger partial charge in [-0.05, 0) is 47.0 Å². The molecule has 0 atom stereocenters. The number of anilines is 1. The highest BCUT2D eigenvalue weighted by molar-refractivity contribution is 5.95. The van der Waals surface area contributed by atoms with Gasteiger partial charge in [-0.3, -0.25) is 9.59 Å². The number of carbonyl (C=O) groups is 2. The molecule has 0 aromatic heterocycles. The Morgan fingerprint density at radius 2 is 1.52 bits per heavy atom. The molecule has 0 spiro atoms. The molecule has 0 aliphatic heterocycles. The van der Waals surface area contributed by atoms with Crippen molar-refractivity contribution in [3.8, 4) is 17.2 Å². The Bertz CT molecular complexity index is 1050. The van der Waals surface area contributed by atoms with E-state index in [1.165, 1.54) is 21.3 Å². The fourth-order valence-corrected chi connectivity index (χ4v) is 3.21. The van der Waals surface area contributed by atoms with Gasteiger partial charge in [0.05, 0.1) is 21.3 Å². The standard InChI is InChI=1S/C24H25NO6/c1-28-20-12-16(13-21(29-2)24(20)30-3)8-11-23(27)31-15-22(26)25-19-10-9-17-6-4-5-7-18(17)14-19/h4-7,9-10,12-14H,8,11,15H2,1-3H3,(H,25,26). The number of benzene rings is 3. The Balaban J connectivity index is 1.51. The number of rotatable bonds is 9. The lowest BCUT2D eigenvalue weighted by Gasteiger charge is -2.14. The number of hydrogen-bond donors (Lipinski definition) is 1. The van der Waals surface area contributed by atoms with Crippen LogP contribution in [0.1, 0.15) is 12.0 Å². The minimum atomic E-state index is -0.470. The topological polar surface area (TPSA) is 83.1 Å². The van der Waals surface area contributed by atoms with Crippen molar-refractivity contribution in [3.63, 3.8) is 0 Å². The van der Waals surface area contributed by atoms with Crippen molar-refractivity contribution in [2.24, 2.45) is 0 Å². The first-order chi connectivity index (χ1) is 15.0. The van der Waals surface area contributed by atoms with Crippen molar-refractivity contribution in [3.05, 3.63) is 60.2 Å². The van der Waals surface area contributed by atoms with E-state index in [9.17, 15) is 9.59 Å². The lowest BCUT2D eigenvalue weighted by atomic mass is 10.1. The Morgan fingerprint density at radius 3 is 2.16 bits per heavy atom. The third-order valence-electron chi connectivity index (χ3n) is 4.74. The molecule has 7 nitrogen and oxygen atoms in total. The molecule has 7 heteroatoms. The second-order valence-corrected chi connectivity index (χ2v) is 6.80. The molecular formula is C24H25NO6. The average molecular weight is 423 g/mol. The van der Waals surface area contributed by atoms with Gasteiger partial charge in [0.25, 0.3) is 5.91 Å². The molecule has 3 aromatic carbocycles. The third-order valence-corrected chi connectivity index (χ3v) is 4.74. The zero-order valence-electron chi connectivity index (χ0n) is 17.8. The van der Waals surface area contributed by atoms with E-state index in [1.54, 1.807) is 12.1 Å². The minimum Gasteiger partial charge on any atom is -0.493 e. The smallest absolute Gasteiger partial charge is 0.306 e. The fourth-order valence-electron chi connectivity index (χ4n) is 3.21. The number of aryl methyl sites for hydroxylation is 1. The van der Waals surface area contributed by atoms with Crippen LogP contribution < -0.4 is 19.5 Å². The van der Waals surface area contributed by atoms with Gasteiger partial charge in [0.15, 0.2) is 18.1 Å². The van der Waals surface area contributed by atoms with E-state index >= 15 is 0 Å². The SMILES string of the molecule is COc1cc(CCC(=O)OCC(=O)Nc2ccc3ccccc3c2)cc(OC)c1OC. The van der Waals surface area contributed by atoms with Crippen LogP contribution in [0.25, 0.3) is 10.8 Å². The molecule has 3 aromatic rings.